The average molecular weight is 432 g/mol. The van der Waals surface area contributed by atoms with Crippen LogP contribution in [0.15, 0.2) is 62.7 Å². The molecule has 1 amide bonds. The summed E-state index contributed by atoms with van der Waals surface area (Å²) in [4.78, 5) is 13.7. The molecular formula is C20H21N3O4S2. The molecule has 2 aromatic carbocycles. The topological polar surface area (TPSA) is 102 Å². The van der Waals surface area contributed by atoms with Gasteiger partial charge >= 0.3 is 6.01 Å². The highest BCUT2D eigenvalue weighted by Gasteiger charge is 2.21. The number of amides is 1. The van der Waals surface area contributed by atoms with E-state index in [-0.39, 0.29) is 16.5 Å². The molecule has 0 aliphatic heterocycles. The van der Waals surface area contributed by atoms with Crippen LogP contribution in [0.4, 0.5) is 6.01 Å². The van der Waals surface area contributed by atoms with Gasteiger partial charge in [0.05, 0.1) is 16.6 Å². The number of aromatic nitrogens is 2. The SMILES string of the molecule is CSc1ccc(Cc2nnc(NC(=O)c3cccc(S(=O)(=O)C(C)C)c3)o2)cc1. The van der Waals surface area contributed by atoms with Gasteiger partial charge in [-0.25, -0.2) is 8.42 Å². The van der Waals surface area contributed by atoms with Crippen molar-refractivity contribution in [3.8, 4) is 0 Å². The van der Waals surface area contributed by atoms with Crippen molar-refractivity contribution in [3.63, 3.8) is 0 Å². The quantitative estimate of drug-likeness (QED) is 0.567. The van der Waals surface area contributed by atoms with Crippen molar-refractivity contribution in [3.05, 3.63) is 65.5 Å². The van der Waals surface area contributed by atoms with Gasteiger partial charge in [-0.2, -0.15) is 0 Å². The number of benzene rings is 2. The largest absolute Gasteiger partial charge is 0.407 e. The van der Waals surface area contributed by atoms with Crippen molar-refractivity contribution in [1.82, 2.24) is 10.2 Å². The van der Waals surface area contributed by atoms with E-state index in [1.165, 1.54) is 24.3 Å². The molecule has 0 atom stereocenters. The Bertz CT molecular complexity index is 1110. The fraction of sp³-hybridized carbons (Fsp3) is 0.250. The summed E-state index contributed by atoms with van der Waals surface area (Å²) in [6, 6.07) is 13.8. The number of hydrogen-bond donors (Lipinski definition) is 1. The number of carbonyl (C=O) groups excluding carboxylic acids is 1. The number of nitrogens with one attached hydrogen (secondary N) is 1. The lowest BCUT2D eigenvalue weighted by Crippen LogP contribution is -2.16. The second-order valence-electron chi connectivity index (χ2n) is 6.60. The van der Waals surface area contributed by atoms with E-state index in [4.69, 9.17) is 4.42 Å². The molecule has 0 aliphatic carbocycles. The smallest absolute Gasteiger partial charge is 0.322 e. The van der Waals surface area contributed by atoms with E-state index in [1.54, 1.807) is 25.6 Å². The fourth-order valence-corrected chi connectivity index (χ4v) is 4.06. The number of sulfone groups is 1. The maximum absolute atomic E-state index is 12.5. The van der Waals surface area contributed by atoms with E-state index in [2.05, 4.69) is 15.5 Å². The minimum atomic E-state index is -3.47. The predicted octanol–water partition coefficient (Wildman–Crippen LogP) is 3.82. The third-order valence-corrected chi connectivity index (χ3v) is 7.14. The number of anilines is 1. The van der Waals surface area contributed by atoms with E-state index in [0.717, 1.165) is 10.5 Å². The monoisotopic (exact) mass is 431 g/mol. The van der Waals surface area contributed by atoms with Gasteiger partial charge in [0.15, 0.2) is 9.84 Å². The maximum atomic E-state index is 12.5. The fourth-order valence-electron chi connectivity index (χ4n) is 2.55. The summed E-state index contributed by atoms with van der Waals surface area (Å²) >= 11 is 1.66. The Hall–Kier alpha value is -2.65. The van der Waals surface area contributed by atoms with E-state index in [1.807, 2.05) is 30.5 Å². The van der Waals surface area contributed by atoms with Crippen molar-refractivity contribution in [2.75, 3.05) is 11.6 Å². The summed E-state index contributed by atoms with van der Waals surface area (Å²) in [6.45, 7) is 3.19. The molecule has 1 heterocycles. The minimum absolute atomic E-state index is 0.0390. The lowest BCUT2D eigenvalue weighted by Gasteiger charge is -2.09. The van der Waals surface area contributed by atoms with Gasteiger partial charge in [0.1, 0.15) is 0 Å². The van der Waals surface area contributed by atoms with Crippen molar-refractivity contribution < 1.29 is 17.6 Å². The molecule has 0 fully saturated rings. The molecule has 29 heavy (non-hydrogen) atoms. The second kappa shape index (κ2) is 8.79. The first-order chi connectivity index (χ1) is 13.8. The predicted molar refractivity (Wildman–Crippen MR) is 112 cm³/mol. The molecule has 1 N–H and O–H groups in total. The van der Waals surface area contributed by atoms with Crippen molar-refractivity contribution in [1.29, 1.82) is 0 Å². The molecular weight excluding hydrogens is 410 g/mol. The van der Waals surface area contributed by atoms with Crippen LogP contribution in [0.5, 0.6) is 0 Å². The average Bonchev–Trinajstić information content (AvgIpc) is 3.15. The molecule has 152 valence electrons. The molecule has 3 rings (SSSR count). The Labute approximate surface area is 173 Å². The molecule has 0 saturated heterocycles. The zero-order valence-corrected chi connectivity index (χ0v) is 17.9. The molecule has 9 heteroatoms. The Balaban J connectivity index is 1.70. The van der Waals surface area contributed by atoms with E-state index in [0.29, 0.717) is 12.3 Å². The Morgan fingerprint density at radius 3 is 2.52 bits per heavy atom. The lowest BCUT2D eigenvalue weighted by molar-refractivity contribution is 0.102. The molecule has 0 radical (unpaired) electrons. The number of hydrogen-bond acceptors (Lipinski definition) is 7. The number of nitrogens with zero attached hydrogens (tertiary/aromatic N) is 2. The van der Waals surface area contributed by atoms with Crippen LogP contribution in [0.2, 0.25) is 0 Å². The van der Waals surface area contributed by atoms with Crippen LogP contribution >= 0.6 is 11.8 Å². The molecule has 0 bridgehead atoms. The molecule has 0 aliphatic rings. The van der Waals surface area contributed by atoms with Crippen molar-refractivity contribution in [2.45, 2.75) is 35.3 Å². The number of carbonyl (C=O) groups is 1. The molecule has 3 aromatic rings. The van der Waals surface area contributed by atoms with Gasteiger partial charge in [0.2, 0.25) is 5.89 Å². The summed E-state index contributed by atoms with van der Waals surface area (Å²) in [6.07, 6.45) is 2.45. The third kappa shape index (κ3) is 5.04. The standard InChI is InChI=1S/C20H21N3O4S2/c1-13(2)29(25,26)17-6-4-5-15(12-17)19(24)21-20-23-22-18(27-20)11-14-7-9-16(28-3)10-8-14/h4-10,12-13H,11H2,1-3H3,(H,21,23,24). The highest BCUT2D eigenvalue weighted by Crippen LogP contribution is 2.19. The summed E-state index contributed by atoms with van der Waals surface area (Å²) in [5, 5.41) is 9.72. The first-order valence-corrected chi connectivity index (χ1v) is 11.7. The molecule has 0 unspecified atom stereocenters. The normalized spacial score (nSPS) is 11.6. The zero-order chi connectivity index (χ0) is 21.0. The number of rotatable bonds is 7. The van der Waals surface area contributed by atoms with E-state index >= 15 is 0 Å². The maximum Gasteiger partial charge on any atom is 0.322 e. The first kappa shape index (κ1) is 21.1. The van der Waals surface area contributed by atoms with Crippen molar-refractivity contribution in [2.24, 2.45) is 0 Å². The molecule has 0 saturated carbocycles. The summed E-state index contributed by atoms with van der Waals surface area (Å²) < 4.78 is 30.1. The molecule has 7 nitrogen and oxygen atoms in total. The Morgan fingerprint density at radius 1 is 1.14 bits per heavy atom. The summed E-state index contributed by atoms with van der Waals surface area (Å²) in [7, 11) is -3.47. The van der Waals surface area contributed by atoms with Crippen LogP contribution in [0.3, 0.4) is 0 Å². The van der Waals surface area contributed by atoms with Gasteiger partial charge in [-0.3, -0.25) is 10.1 Å². The minimum Gasteiger partial charge on any atom is -0.407 e. The van der Waals surface area contributed by atoms with Gasteiger partial charge < -0.3 is 4.42 Å². The van der Waals surface area contributed by atoms with Crippen LogP contribution in [-0.4, -0.2) is 36.0 Å². The van der Waals surface area contributed by atoms with Gasteiger partial charge in [-0.05, 0) is 56.0 Å². The lowest BCUT2D eigenvalue weighted by atomic mass is 10.1. The second-order valence-corrected chi connectivity index (χ2v) is 9.99. The third-order valence-electron chi connectivity index (χ3n) is 4.25. The van der Waals surface area contributed by atoms with Crippen LogP contribution in [0.25, 0.3) is 0 Å². The van der Waals surface area contributed by atoms with Gasteiger partial charge in [-0.15, -0.1) is 16.9 Å². The van der Waals surface area contributed by atoms with Crippen LogP contribution in [0, 0.1) is 0 Å². The van der Waals surface area contributed by atoms with Crippen molar-refractivity contribution >= 4 is 33.5 Å². The van der Waals surface area contributed by atoms with Gasteiger partial charge in [-0.1, -0.05) is 23.3 Å². The Morgan fingerprint density at radius 2 is 1.86 bits per heavy atom. The van der Waals surface area contributed by atoms with Gasteiger partial charge in [0, 0.05) is 10.5 Å². The highest BCUT2D eigenvalue weighted by molar-refractivity contribution is 7.98. The van der Waals surface area contributed by atoms with Crippen LogP contribution < -0.4 is 5.32 Å². The molecule has 0 spiro atoms. The molecule has 1 aromatic heterocycles. The summed E-state index contributed by atoms with van der Waals surface area (Å²) in [5.41, 5.74) is 1.20. The van der Waals surface area contributed by atoms with E-state index in [9.17, 15) is 13.2 Å². The summed E-state index contributed by atoms with van der Waals surface area (Å²) in [5.74, 6) is -0.154. The highest BCUT2D eigenvalue weighted by atomic mass is 32.2. The van der Waals surface area contributed by atoms with E-state index < -0.39 is 21.0 Å². The Kier molecular flexibility index (Phi) is 6.39. The van der Waals surface area contributed by atoms with Crippen LogP contribution in [0.1, 0.15) is 35.7 Å². The van der Waals surface area contributed by atoms with Gasteiger partial charge in [0.25, 0.3) is 5.91 Å². The number of thioether (sulfide) groups is 1. The van der Waals surface area contributed by atoms with Crippen LogP contribution in [-0.2, 0) is 16.3 Å². The zero-order valence-electron chi connectivity index (χ0n) is 16.2. The first-order valence-electron chi connectivity index (χ1n) is 8.90.